The van der Waals surface area contributed by atoms with Gasteiger partial charge in [-0.1, -0.05) is 36.4 Å². The van der Waals surface area contributed by atoms with Crippen LogP contribution in [0.4, 0.5) is 5.69 Å². The Labute approximate surface area is 199 Å². The number of hydrogen-bond donors (Lipinski definition) is 1. The highest BCUT2D eigenvalue weighted by Gasteiger charge is 2.25. The summed E-state index contributed by atoms with van der Waals surface area (Å²) in [5.74, 6) is -0.122. The monoisotopic (exact) mass is 459 g/mol. The first kappa shape index (κ1) is 23.3. The lowest BCUT2D eigenvalue weighted by Gasteiger charge is -2.35. The molecule has 3 aromatic rings. The zero-order valence-electron chi connectivity index (χ0n) is 19.3. The van der Waals surface area contributed by atoms with E-state index in [-0.39, 0.29) is 23.5 Å². The fraction of sp³-hybridized carbons (Fsp3) is 0.296. The average Bonchev–Trinajstić information content (AvgIpc) is 3.41. The van der Waals surface area contributed by atoms with E-state index in [2.05, 4.69) is 17.4 Å². The average molecular weight is 460 g/mol. The maximum Gasteiger partial charge on any atom is 0.291 e. The van der Waals surface area contributed by atoms with Crippen molar-refractivity contribution >= 4 is 23.4 Å². The number of nitrogens with one attached hydrogen (secondary N) is 1. The first-order valence-electron chi connectivity index (χ1n) is 11.6. The number of piperazine rings is 1. The van der Waals surface area contributed by atoms with Gasteiger partial charge in [0, 0.05) is 43.9 Å². The summed E-state index contributed by atoms with van der Waals surface area (Å²) in [4.78, 5) is 41.6. The third-order valence-corrected chi connectivity index (χ3v) is 6.10. The van der Waals surface area contributed by atoms with Crippen LogP contribution in [0.2, 0.25) is 0 Å². The van der Waals surface area contributed by atoms with Crippen molar-refractivity contribution in [3.8, 4) is 0 Å². The van der Waals surface area contributed by atoms with Crippen molar-refractivity contribution in [3.63, 3.8) is 0 Å². The van der Waals surface area contributed by atoms with Crippen LogP contribution in [0.15, 0.2) is 71.3 Å². The van der Waals surface area contributed by atoms with Gasteiger partial charge in [0.2, 0.25) is 5.91 Å². The van der Waals surface area contributed by atoms with E-state index in [0.29, 0.717) is 43.9 Å². The minimum absolute atomic E-state index is 0.107. The van der Waals surface area contributed by atoms with Crippen LogP contribution in [0.1, 0.15) is 44.9 Å². The summed E-state index contributed by atoms with van der Waals surface area (Å²) in [6, 6.07) is 18.7. The second-order valence-corrected chi connectivity index (χ2v) is 8.47. The molecule has 0 bridgehead atoms. The highest BCUT2D eigenvalue weighted by Crippen LogP contribution is 2.20. The highest BCUT2D eigenvalue weighted by molar-refractivity contribution is 6.04. The standard InChI is InChI=1S/C27H29N3O4/c1-20-12-13-22(19-23(20)28-26(32)24-10-6-18-34-24)27(33)30-16-14-29(15-17-30)25(31)11-5-9-21-7-3-2-4-8-21/h2-4,6-8,10,12-13,18-19H,5,9,11,14-17H2,1H3,(H,28,32). The molecule has 1 saturated heterocycles. The Kier molecular flexibility index (Phi) is 7.42. The lowest BCUT2D eigenvalue weighted by molar-refractivity contribution is -0.132. The first-order chi connectivity index (χ1) is 16.5. The second kappa shape index (κ2) is 10.8. The number of carbonyl (C=O) groups excluding carboxylic acids is 3. The number of anilines is 1. The summed E-state index contributed by atoms with van der Waals surface area (Å²) < 4.78 is 5.14. The summed E-state index contributed by atoms with van der Waals surface area (Å²) >= 11 is 0. The Bertz CT molecular complexity index is 1130. The zero-order valence-corrected chi connectivity index (χ0v) is 19.3. The molecule has 0 unspecified atom stereocenters. The predicted molar refractivity (Wildman–Crippen MR) is 130 cm³/mol. The van der Waals surface area contributed by atoms with E-state index in [0.717, 1.165) is 18.4 Å². The fourth-order valence-electron chi connectivity index (χ4n) is 4.07. The number of nitrogens with zero attached hydrogens (tertiary/aromatic N) is 2. The molecule has 7 nitrogen and oxygen atoms in total. The third kappa shape index (κ3) is 5.73. The number of amides is 3. The number of furan rings is 1. The molecule has 7 heteroatoms. The van der Waals surface area contributed by atoms with Crippen LogP contribution < -0.4 is 5.32 Å². The van der Waals surface area contributed by atoms with Gasteiger partial charge in [-0.15, -0.1) is 0 Å². The van der Waals surface area contributed by atoms with E-state index in [9.17, 15) is 14.4 Å². The fourth-order valence-corrected chi connectivity index (χ4v) is 4.07. The quantitative estimate of drug-likeness (QED) is 0.576. The summed E-state index contributed by atoms with van der Waals surface area (Å²) in [5.41, 5.74) is 3.16. The molecule has 2 heterocycles. The lowest BCUT2D eigenvalue weighted by atomic mass is 10.1. The van der Waals surface area contributed by atoms with E-state index in [4.69, 9.17) is 4.42 Å². The molecule has 2 aromatic carbocycles. The molecule has 0 saturated carbocycles. The van der Waals surface area contributed by atoms with Crippen molar-refractivity contribution in [1.29, 1.82) is 0 Å². The summed E-state index contributed by atoms with van der Waals surface area (Å²) in [6.45, 7) is 3.92. The largest absolute Gasteiger partial charge is 0.459 e. The number of carbonyl (C=O) groups is 3. The van der Waals surface area contributed by atoms with Crippen LogP contribution in [0.3, 0.4) is 0 Å². The Balaban J connectivity index is 1.29. The highest BCUT2D eigenvalue weighted by atomic mass is 16.3. The molecule has 1 aliphatic rings. The minimum Gasteiger partial charge on any atom is -0.459 e. The molecule has 0 spiro atoms. The van der Waals surface area contributed by atoms with Crippen LogP contribution in [0.25, 0.3) is 0 Å². The Morgan fingerprint density at radius 3 is 2.35 bits per heavy atom. The van der Waals surface area contributed by atoms with Gasteiger partial charge < -0.3 is 19.5 Å². The van der Waals surface area contributed by atoms with E-state index in [1.54, 1.807) is 29.2 Å². The predicted octanol–water partition coefficient (Wildman–Crippen LogP) is 4.15. The molecule has 4 rings (SSSR count). The molecule has 176 valence electrons. The topological polar surface area (TPSA) is 82.9 Å². The SMILES string of the molecule is Cc1ccc(C(=O)N2CCN(C(=O)CCCc3ccccc3)CC2)cc1NC(=O)c1ccco1. The number of aryl methyl sites for hydroxylation is 2. The molecular weight excluding hydrogens is 430 g/mol. The Morgan fingerprint density at radius 1 is 0.912 bits per heavy atom. The van der Waals surface area contributed by atoms with Gasteiger partial charge in [-0.3, -0.25) is 14.4 Å². The van der Waals surface area contributed by atoms with Crippen molar-refractivity contribution in [2.75, 3.05) is 31.5 Å². The lowest BCUT2D eigenvalue weighted by Crippen LogP contribution is -2.50. The van der Waals surface area contributed by atoms with Crippen LogP contribution in [0, 0.1) is 6.92 Å². The van der Waals surface area contributed by atoms with Gasteiger partial charge in [0.1, 0.15) is 0 Å². The molecule has 3 amide bonds. The molecule has 1 N–H and O–H groups in total. The van der Waals surface area contributed by atoms with E-state index >= 15 is 0 Å². The smallest absolute Gasteiger partial charge is 0.291 e. The zero-order chi connectivity index (χ0) is 23.9. The van der Waals surface area contributed by atoms with Crippen molar-refractivity contribution in [1.82, 2.24) is 9.80 Å². The van der Waals surface area contributed by atoms with Crippen molar-refractivity contribution in [3.05, 3.63) is 89.4 Å². The van der Waals surface area contributed by atoms with Gasteiger partial charge in [-0.05, 0) is 55.2 Å². The normalized spacial score (nSPS) is 13.6. The molecule has 0 atom stereocenters. The number of hydrogen-bond acceptors (Lipinski definition) is 4. The van der Waals surface area contributed by atoms with Crippen LogP contribution in [-0.4, -0.2) is 53.7 Å². The summed E-state index contributed by atoms with van der Waals surface area (Å²) in [7, 11) is 0. The Hall–Kier alpha value is -3.87. The molecule has 34 heavy (non-hydrogen) atoms. The van der Waals surface area contributed by atoms with Gasteiger partial charge in [0.15, 0.2) is 5.76 Å². The van der Waals surface area contributed by atoms with Gasteiger partial charge in [0.05, 0.1) is 6.26 Å². The van der Waals surface area contributed by atoms with Gasteiger partial charge >= 0.3 is 0 Å². The first-order valence-corrected chi connectivity index (χ1v) is 11.6. The molecule has 1 aliphatic heterocycles. The van der Waals surface area contributed by atoms with Crippen molar-refractivity contribution in [2.24, 2.45) is 0 Å². The van der Waals surface area contributed by atoms with Crippen LogP contribution >= 0.6 is 0 Å². The van der Waals surface area contributed by atoms with Crippen LogP contribution in [0.5, 0.6) is 0 Å². The maximum absolute atomic E-state index is 13.1. The second-order valence-electron chi connectivity index (χ2n) is 8.47. The molecule has 1 fully saturated rings. The number of rotatable bonds is 7. The molecule has 0 aliphatic carbocycles. The van der Waals surface area contributed by atoms with Crippen molar-refractivity contribution in [2.45, 2.75) is 26.2 Å². The van der Waals surface area contributed by atoms with E-state index in [1.807, 2.05) is 36.1 Å². The van der Waals surface area contributed by atoms with E-state index < -0.39 is 0 Å². The Morgan fingerprint density at radius 2 is 1.65 bits per heavy atom. The van der Waals surface area contributed by atoms with Gasteiger partial charge in [-0.25, -0.2) is 0 Å². The van der Waals surface area contributed by atoms with E-state index in [1.165, 1.54) is 11.8 Å². The summed E-state index contributed by atoms with van der Waals surface area (Å²) in [5, 5.41) is 2.81. The molecule has 0 radical (unpaired) electrons. The van der Waals surface area contributed by atoms with Gasteiger partial charge in [-0.2, -0.15) is 0 Å². The maximum atomic E-state index is 13.1. The minimum atomic E-state index is -0.364. The third-order valence-electron chi connectivity index (χ3n) is 6.10. The summed E-state index contributed by atoms with van der Waals surface area (Å²) in [6.07, 6.45) is 3.66. The van der Waals surface area contributed by atoms with Gasteiger partial charge in [0.25, 0.3) is 11.8 Å². The van der Waals surface area contributed by atoms with Crippen LogP contribution in [-0.2, 0) is 11.2 Å². The van der Waals surface area contributed by atoms with Crippen molar-refractivity contribution < 1.29 is 18.8 Å². The number of benzene rings is 2. The molecular formula is C27H29N3O4. The molecule has 1 aromatic heterocycles.